The average Bonchev–Trinajstić information content (AvgIpc) is 2.23. The molecule has 0 aromatic heterocycles. The molecule has 0 amide bonds. The van der Waals surface area contributed by atoms with Gasteiger partial charge in [-0.25, -0.2) is 0 Å². The molecule has 1 aromatic carbocycles. The van der Waals surface area contributed by atoms with Crippen molar-refractivity contribution in [3.05, 3.63) is 29.8 Å². The van der Waals surface area contributed by atoms with E-state index in [0.717, 1.165) is 19.0 Å². The van der Waals surface area contributed by atoms with Crippen LogP contribution in [0, 0.1) is 0 Å². The van der Waals surface area contributed by atoms with E-state index in [4.69, 9.17) is 9.47 Å². The number of methoxy groups -OCH3 is 1. The van der Waals surface area contributed by atoms with Gasteiger partial charge in [-0.1, -0.05) is 12.1 Å². The number of ether oxygens (including phenoxy) is 2. The van der Waals surface area contributed by atoms with E-state index in [1.807, 2.05) is 12.1 Å². The minimum atomic E-state index is 0.342. The molecule has 1 N–H and O–H groups in total. The lowest BCUT2D eigenvalue weighted by Crippen LogP contribution is -2.46. The van der Waals surface area contributed by atoms with E-state index < -0.39 is 0 Å². The molecule has 1 aliphatic heterocycles. The third-order valence-corrected chi connectivity index (χ3v) is 2.72. The van der Waals surface area contributed by atoms with E-state index in [2.05, 4.69) is 24.4 Å². The highest BCUT2D eigenvalue weighted by Gasteiger charge is 2.20. The second-order valence-electron chi connectivity index (χ2n) is 3.90. The van der Waals surface area contributed by atoms with Crippen LogP contribution in [0.5, 0.6) is 5.75 Å². The molecule has 0 saturated carbocycles. The highest BCUT2D eigenvalue weighted by atomic mass is 16.5. The molecule has 82 valence electrons. The van der Waals surface area contributed by atoms with E-state index in [0.29, 0.717) is 12.1 Å². The van der Waals surface area contributed by atoms with Gasteiger partial charge in [0.2, 0.25) is 0 Å². The lowest BCUT2D eigenvalue weighted by molar-refractivity contribution is -0.00925. The molecule has 1 fully saturated rings. The van der Waals surface area contributed by atoms with Crippen molar-refractivity contribution in [1.29, 1.82) is 0 Å². The van der Waals surface area contributed by atoms with Gasteiger partial charge >= 0.3 is 0 Å². The van der Waals surface area contributed by atoms with E-state index in [-0.39, 0.29) is 0 Å². The fraction of sp³-hybridized carbons (Fsp3) is 0.500. The smallest absolute Gasteiger partial charge is 0.119 e. The fourth-order valence-corrected chi connectivity index (χ4v) is 1.69. The quantitative estimate of drug-likeness (QED) is 0.815. The molecule has 3 heteroatoms. The zero-order valence-electron chi connectivity index (χ0n) is 9.19. The van der Waals surface area contributed by atoms with Crippen molar-refractivity contribution >= 4 is 0 Å². The van der Waals surface area contributed by atoms with Gasteiger partial charge in [0.15, 0.2) is 0 Å². The molecule has 1 aliphatic rings. The second kappa shape index (κ2) is 4.64. The summed E-state index contributed by atoms with van der Waals surface area (Å²) < 4.78 is 10.3. The van der Waals surface area contributed by atoms with Crippen LogP contribution in [0.15, 0.2) is 24.3 Å². The largest absolute Gasteiger partial charge is 0.497 e. The van der Waals surface area contributed by atoms with Crippen molar-refractivity contribution in [2.24, 2.45) is 0 Å². The summed E-state index contributed by atoms with van der Waals surface area (Å²) in [6, 6.07) is 9.00. The topological polar surface area (TPSA) is 30.5 Å². The van der Waals surface area contributed by atoms with Crippen LogP contribution in [0.1, 0.15) is 18.5 Å². The van der Waals surface area contributed by atoms with Gasteiger partial charge in [0.25, 0.3) is 0 Å². The summed E-state index contributed by atoms with van der Waals surface area (Å²) in [6.45, 7) is 3.82. The molecule has 2 rings (SSSR count). The van der Waals surface area contributed by atoms with Crippen molar-refractivity contribution in [2.45, 2.75) is 19.0 Å². The van der Waals surface area contributed by atoms with Gasteiger partial charge < -0.3 is 14.8 Å². The van der Waals surface area contributed by atoms with Crippen LogP contribution in [0.25, 0.3) is 0 Å². The van der Waals surface area contributed by atoms with Crippen molar-refractivity contribution in [1.82, 2.24) is 5.32 Å². The molecule has 15 heavy (non-hydrogen) atoms. The van der Waals surface area contributed by atoms with Crippen LogP contribution in [-0.2, 0) is 4.74 Å². The van der Waals surface area contributed by atoms with Crippen LogP contribution in [-0.4, -0.2) is 26.4 Å². The zero-order chi connectivity index (χ0) is 10.7. The maximum absolute atomic E-state index is 5.20. The molecule has 3 nitrogen and oxygen atoms in total. The van der Waals surface area contributed by atoms with Crippen molar-refractivity contribution in [3.8, 4) is 5.75 Å². The van der Waals surface area contributed by atoms with Gasteiger partial charge in [-0.15, -0.1) is 0 Å². The minimum Gasteiger partial charge on any atom is -0.497 e. The Morgan fingerprint density at radius 2 is 2.27 bits per heavy atom. The predicted octanol–water partition coefficient (Wildman–Crippen LogP) is 1.74. The zero-order valence-corrected chi connectivity index (χ0v) is 9.19. The van der Waals surface area contributed by atoms with E-state index in [9.17, 15) is 0 Å². The van der Waals surface area contributed by atoms with Crippen LogP contribution < -0.4 is 10.1 Å². The van der Waals surface area contributed by atoms with Gasteiger partial charge in [-0.3, -0.25) is 0 Å². The predicted molar refractivity (Wildman–Crippen MR) is 59.2 cm³/mol. The van der Waals surface area contributed by atoms with Crippen LogP contribution in [0.4, 0.5) is 0 Å². The standard InChI is InChI=1S/C12H17NO2/c1-9(13-11-7-15-8-11)10-4-3-5-12(6-10)14-2/h3-6,9,11,13H,7-8H2,1-2H3/t9-/m0/s1. The van der Waals surface area contributed by atoms with Crippen LogP contribution in [0.3, 0.4) is 0 Å². The molecule has 1 heterocycles. The third kappa shape index (κ3) is 2.49. The summed E-state index contributed by atoms with van der Waals surface area (Å²) in [7, 11) is 1.69. The summed E-state index contributed by atoms with van der Waals surface area (Å²) in [4.78, 5) is 0. The molecule has 0 bridgehead atoms. The first-order valence-electron chi connectivity index (χ1n) is 5.27. The molecule has 1 saturated heterocycles. The monoisotopic (exact) mass is 207 g/mol. The van der Waals surface area contributed by atoms with Crippen LogP contribution >= 0.6 is 0 Å². The maximum Gasteiger partial charge on any atom is 0.119 e. The summed E-state index contributed by atoms with van der Waals surface area (Å²) in [5.41, 5.74) is 1.25. The fourth-order valence-electron chi connectivity index (χ4n) is 1.69. The molecular formula is C12H17NO2. The van der Waals surface area contributed by atoms with E-state index in [1.165, 1.54) is 5.56 Å². The second-order valence-corrected chi connectivity index (χ2v) is 3.90. The molecule has 0 aliphatic carbocycles. The molecule has 1 aromatic rings. The highest BCUT2D eigenvalue weighted by molar-refractivity contribution is 5.30. The van der Waals surface area contributed by atoms with Gasteiger partial charge in [0, 0.05) is 6.04 Å². The first kappa shape index (κ1) is 10.5. The summed E-state index contributed by atoms with van der Waals surface area (Å²) >= 11 is 0. The van der Waals surface area contributed by atoms with Gasteiger partial charge in [0.1, 0.15) is 5.75 Å². The Morgan fingerprint density at radius 3 is 2.87 bits per heavy atom. The lowest BCUT2D eigenvalue weighted by atomic mass is 10.1. The number of hydrogen-bond donors (Lipinski definition) is 1. The molecule has 0 spiro atoms. The van der Waals surface area contributed by atoms with Crippen molar-refractivity contribution < 1.29 is 9.47 Å². The summed E-state index contributed by atoms with van der Waals surface area (Å²) in [5.74, 6) is 0.908. The SMILES string of the molecule is COc1cccc([C@H](C)NC2COC2)c1. The Labute approximate surface area is 90.4 Å². The normalized spacial score (nSPS) is 18.3. The molecule has 1 atom stereocenters. The Kier molecular flexibility index (Phi) is 3.23. The summed E-state index contributed by atoms with van der Waals surface area (Å²) in [5, 5.41) is 3.50. The average molecular weight is 207 g/mol. The minimum absolute atomic E-state index is 0.342. The first-order chi connectivity index (χ1) is 7.29. The number of rotatable bonds is 4. The van der Waals surface area contributed by atoms with E-state index in [1.54, 1.807) is 7.11 Å². The maximum atomic E-state index is 5.20. The highest BCUT2D eigenvalue weighted by Crippen LogP contribution is 2.19. The third-order valence-electron chi connectivity index (χ3n) is 2.72. The lowest BCUT2D eigenvalue weighted by Gasteiger charge is -2.30. The molecule has 0 unspecified atom stereocenters. The number of benzene rings is 1. The van der Waals surface area contributed by atoms with Gasteiger partial charge in [0.05, 0.1) is 26.4 Å². The Morgan fingerprint density at radius 1 is 1.47 bits per heavy atom. The Hall–Kier alpha value is -1.06. The Balaban J connectivity index is 1.99. The van der Waals surface area contributed by atoms with Crippen molar-refractivity contribution in [2.75, 3.05) is 20.3 Å². The van der Waals surface area contributed by atoms with E-state index >= 15 is 0 Å². The van der Waals surface area contributed by atoms with Crippen molar-refractivity contribution in [3.63, 3.8) is 0 Å². The number of nitrogens with one attached hydrogen (secondary N) is 1. The van der Waals surface area contributed by atoms with Crippen LogP contribution in [0.2, 0.25) is 0 Å². The molecule has 0 radical (unpaired) electrons. The van der Waals surface area contributed by atoms with Gasteiger partial charge in [-0.2, -0.15) is 0 Å². The Bertz CT molecular complexity index is 323. The van der Waals surface area contributed by atoms with Gasteiger partial charge in [-0.05, 0) is 24.6 Å². The summed E-state index contributed by atoms with van der Waals surface area (Å²) in [6.07, 6.45) is 0. The number of hydrogen-bond acceptors (Lipinski definition) is 3. The molecular weight excluding hydrogens is 190 g/mol. The first-order valence-corrected chi connectivity index (χ1v) is 5.27.